The lowest BCUT2D eigenvalue weighted by Gasteiger charge is -2.43. The number of ketones is 1. The molecule has 6 heteroatoms. The third kappa shape index (κ3) is 9.01. The molecule has 0 heterocycles. The van der Waals surface area contributed by atoms with Gasteiger partial charge in [0, 0.05) is 6.10 Å². The van der Waals surface area contributed by atoms with E-state index in [2.05, 4.69) is 68.5 Å². The molecule has 1 rings (SSSR count). The van der Waals surface area contributed by atoms with Gasteiger partial charge in [-0.15, -0.1) is 0 Å². The lowest BCUT2D eigenvalue weighted by Crippen LogP contribution is -2.52. The van der Waals surface area contributed by atoms with Crippen molar-refractivity contribution in [2.45, 2.75) is 130 Å². The normalized spacial score (nSPS) is 16.7. The zero-order valence-electron chi connectivity index (χ0n) is 23.9. The van der Waals surface area contributed by atoms with Gasteiger partial charge in [0.2, 0.25) is 0 Å². The lowest BCUT2D eigenvalue weighted by atomic mass is 9.92. The molecule has 1 aromatic carbocycles. The van der Waals surface area contributed by atoms with Gasteiger partial charge in [-0.3, -0.25) is 4.79 Å². The average molecular weight is 509 g/mol. The Labute approximate surface area is 212 Å². The highest BCUT2D eigenvalue weighted by Gasteiger charge is 2.44. The van der Waals surface area contributed by atoms with Crippen molar-refractivity contribution < 1.29 is 18.4 Å². The third-order valence-electron chi connectivity index (χ3n) is 7.86. The van der Waals surface area contributed by atoms with Gasteiger partial charge in [0.15, 0.2) is 22.4 Å². The summed E-state index contributed by atoms with van der Waals surface area (Å²) in [5, 5.41) is 0.0442. The number of hydrogen-bond acceptors (Lipinski definition) is 4. The highest BCUT2D eigenvalue weighted by Crippen LogP contribution is 2.39. The van der Waals surface area contributed by atoms with Crippen LogP contribution in [0.4, 0.5) is 0 Å². The Kier molecular flexibility index (Phi) is 12.4. The predicted molar refractivity (Wildman–Crippen MR) is 149 cm³/mol. The van der Waals surface area contributed by atoms with Crippen LogP contribution < -0.4 is 0 Å². The molecule has 0 aromatic heterocycles. The first-order valence-corrected chi connectivity index (χ1v) is 18.7. The molecule has 0 aliphatic rings. The fourth-order valence-corrected chi connectivity index (χ4v) is 8.67. The van der Waals surface area contributed by atoms with Crippen LogP contribution in [0.5, 0.6) is 0 Å². The van der Waals surface area contributed by atoms with Crippen LogP contribution in [0, 0.1) is 5.92 Å². The minimum absolute atomic E-state index is 0.0273. The predicted octanol–water partition coefficient (Wildman–Crippen LogP) is 7.99. The Morgan fingerprint density at radius 2 is 1.47 bits per heavy atom. The van der Waals surface area contributed by atoms with Gasteiger partial charge in [0.1, 0.15) is 6.10 Å². The van der Waals surface area contributed by atoms with Crippen molar-refractivity contribution in [3.63, 3.8) is 0 Å². The molecule has 0 aliphatic carbocycles. The number of rotatable bonds is 15. The molecule has 1 aromatic rings. The fourth-order valence-electron chi connectivity index (χ4n) is 4.33. The van der Waals surface area contributed by atoms with Gasteiger partial charge in [0.05, 0.1) is 12.7 Å². The summed E-state index contributed by atoms with van der Waals surface area (Å²) in [6, 6.07) is 13.5. The summed E-state index contributed by atoms with van der Waals surface area (Å²) in [5.41, 5.74) is 1.06. The molecule has 0 saturated heterocycles. The highest BCUT2D eigenvalue weighted by atomic mass is 28.4. The molecule has 0 amide bonds. The molecular weight excluding hydrogens is 456 g/mol. The maximum atomic E-state index is 12.9. The van der Waals surface area contributed by atoms with Crippen LogP contribution in [0.2, 0.25) is 36.3 Å². The van der Waals surface area contributed by atoms with Crippen LogP contribution in [0.15, 0.2) is 30.3 Å². The first-order chi connectivity index (χ1) is 15.7. The van der Waals surface area contributed by atoms with Crippen molar-refractivity contribution in [3.05, 3.63) is 35.9 Å². The first kappa shape index (κ1) is 31.2. The van der Waals surface area contributed by atoms with Crippen LogP contribution in [0.1, 0.15) is 74.3 Å². The molecule has 0 spiro atoms. The molecule has 34 heavy (non-hydrogen) atoms. The number of ether oxygens (including phenoxy) is 1. The first-order valence-electron chi connectivity index (χ1n) is 13.2. The van der Waals surface area contributed by atoms with Crippen LogP contribution in [-0.2, 0) is 25.0 Å². The summed E-state index contributed by atoms with van der Waals surface area (Å²) in [6.07, 6.45) is 0.0944. The zero-order valence-corrected chi connectivity index (χ0v) is 25.9. The molecule has 4 atom stereocenters. The van der Waals surface area contributed by atoms with Gasteiger partial charge in [0.25, 0.3) is 0 Å². The molecular formula is C28H52O4Si2. The van der Waals surface area contributed by atoms with Crippen molar-refractivity contribution in [1.29, 1.82) is 0 Å². The average Bonchev–Trinajstić information content (AvgIpc) is 2.76. The maximum Gasteiger partial charge on any atom is 0.192 e. The summed E-state index contributed by atoms with van der Waals surface area (Å²) in [6.45, 7) is 24.5. The van der Waals surface area contributed by atoms with Crippen molar-refractivity contribution in [1.82, 2.24) is 0 Å². The van der Waals surface area contributed by atoms with Gasteiger partial charge in [-0.2, -0.15) is 0 Å². The van der Waals surface area contributed by atoms with Crippen LogP contribution >= 0.6 is 0 Å². The molecule has 0 saturated carbocycles. The topological polar surface area (TPSA) is 44.8 Å². The van der Waals surface area contributed by atoms with Crippen LogP contribution in [0.25, 0.3) is 0 Å². The summed E-state index contributed by atoms with van der Waals surface area (Å²) >= 11 is 0. The smallest absolute Gasteiger partial charge is 0.192 e. The highest BCUT2D eigenvalue weighted by molar-refractivity contribution is 6.74. The van der Waals surface area contributed by atoms with E-state index in [1.165, 1.54) is 0 Å². The van der Waals surface area contributed by atoms with Gasteiger partial charge in [-0.25, -0.2) is 0 Å². The van der Waals surface area contributed by atoms with Gasteiger partial charge < -0.3 is 13.6 Å². The summed E-state index contributed by atoms with van der Waals surface area (Å²) in [4.78, 5) is 12.9. The summed E-state index contributed by atoms with van der Waals surface area (Å²) < 4.78 is 20.0. The zero-order chi connectivity index (χ0) is 26.2. The van der Waals surface area contributed by atoms with E-state index in [1.807, 2.05) is 30.3 Å². The van der Waals surface area contributed by atoms with E-state index in [0.717, 1.165) is 30.1 Å². The SMILES string of the molecule is CC[Si](CC)(CC)O[C@H](C)C[C@@H](C)[C@@H](O[Si](C)(C)C(C)(C)C)[C@H](OCc1ccccc1)C(C)=O. The summed E-state index contributed by atoms with van der Waals surface area (Å²) in [5.74, 6) is 0.158. The molecule has 196 valence electrons. The monoisotopic (exact) mass is 508 g/mol. The Bertz CT molecular complexity index is 717. The van der Waals surface area contributed by atoms with E-state index in [4.69, 9.17) is 13.6 Å². The quantitative estimate of drug-likeness (QED) is 0.225. The van der Waals surface area contributed by atoms with Gasteiger partial charge in [-0.05, 0) is 68.0 Å². The van der Waals surface area contributed by atoms with E-state index < -0.39 is 22.7 Å². The Hall–Kier alpha value is -0.796. The second kappa shape index (κ2) is 13.5. The molecule has 0 N–H and O–H groups in total. The van der Waals surface area contributed by atoms with E-state index in [0.29, 0.717) is 6.61 Å². The van der Waals surface area contributed by atoms with Crippen molar-refractivity contribution >= 4 is 22.4 Å². The standard InChI is InChI=1S/C28H52O4Si2/c1-12-34(13-2,14-3)31-23(5)20-22(4)26(32-33(10,11)28(7,8)9)27(24(6)29)30-21-25-18-16-15-17-19-25/h15-19,22-23,26-27H,12-14,20-21H2,1-11H3/t22-,23-,26-,27-/m1/s1. The maximum absolute atomic E-state index is 12.9. The molecule has 0 bridgehead atoms. The lowest BCUT2D eigenvalue weighted by molar-refractivity contribution is -0.140. The largest absolute Gasteiger partial charge is 0.414 e. The number of benzene rings is 1. The van der Waals surface area contributed by atoms with Crippen molar-refractivity contribution in [2.24, 2.45) is 5.92 Å². The van der Waals surface area contributed by atoms with E-state index in [-0.39, 0.29) is 28.9 Å². The van der Waals surface area contributed by atoms with Crippen molar-refractivity contribution in [3.8, 4) is 0 Å². The Morgan fingerprint density at radius 1 is 0.941 bits per heavy atom. The second-order valence-electron chi connectivity index (χ2n) is 11.6. The van der Waals surface area contributed by atoms with E-state index in [1.54, 1.807) is 6.92 Å². The number of hydrogen-bond donors (Lipinski definition) is 0. The Balaban J connectivity index is 3.17. The molecule has 0 radical (unpaired) electrons. The van der Waals surface area contributed by atoms with Crippen LogP contribution in [0.3, 0.4) is 0 Å². The molecule has 0 aliphatic heterocycles. The van der Waals surface area contributed by atoms with Crippen molar-refractivity contribution in [2.75, 3.05) is 0 Å². The van der Waals surface area contributed by atoms with Gasteiger partial charge in [-0.1, -0.05) is 78.8 Å². The number of carbonyl (C=O) groups excluding carboxylic acids is 1. The minimum Gasteiger partial charge on any atom is -0.414 e. The minimum atomic E-state index is -2.13. The third-order valence-corrected chi connectivity index (χ3v) is 17.1. The molecule has 0 unspecified atom stereocenters. The number of Topliss-reactive ketones (excluding diaryl/α,β-unsaturated/α-hetero) is 1. The van der Waals surface area contributed by atoms with E-state index >= 15 is 0 Å². The molecule has 0 fully saturated rings. The Morgan fingerprint density at radius 3 is 1.91 bits per heavy atom. The summed E-state index contributed by atoms with van der Waals surface area (Å²) in [7, 11) is -3.83. The van der Waals surface area contributed by atoms with Crippen LogP contribution in [-0.4, -0.2) is 40.7 Å². The number of carbonyl (C=O) groups is 1. The molecule has 4 nitrogen and oxygen atoms in total. The fraction of sp³-hybridized carbons (Fsp3) is 0.750. The van der Waals surface area contributed by atoms with Gasteiger partial charge >= 0.3 is 0 Å². The second-order valence-corrected chi connectivity index (χ2v) is 21.0. The van der Waals surface area contributed by atoms with E-state index in [9.17, 15) is 4.79 Å².